The predicted molar refractivity (Wildman–Crippen MR) is 374 cm³/mol. The van der Waals surface area contributed by atoms with E-state index < -0.39 is 125 Å². The first kappa shape index (κ1) is 78.4. The third kappa shape index (κ3) is 27.0. The summed E-state index contributed by atoms with van der Waals surface area (Å²) in [6, 6.07) is 32.1. The van der Waals surface area contributed by atoms with E-state index in [1.54, 1.807) is 153 Å². The molecule has 0 radical (unpaired) electrons. The van der Waals surface area contributed by atoms with Crippen molar-refractivity contribution in [1.82, 2.24) is 47.9 Å². The molecule has 0 aliphatic carbocycles. The number of carboxylic acids is 1. The van der Waals surface area contributed by atoms with E-state index in [-0.39, 0.29) is 62.7 Å². The third-order valence-corrected chi connectivity index (χ3v) is 17.1. The summed E-state index contributed by atoms with van der Waals surface area (Å²) in [5.74, 6) is -8.77. The van der Waals surface area contributed by atoms with Gasteiger partial charge in [0, 0.05) is 32.1 Å². The lowest BCUT2D eigenvalue weighted by atomic mass is 9.95. The minimum atomic E-state index is -1.39. The first-order chi connectivity index (χ1) is 46.4. The van der Waals surface area contributed by atoms with Gasteiger partial charge in [0.2, 0.25) is 53.2 Å². The van der Waals surface area contributed by atoms with E-state index in [9.17, 15) is 38.7 Å². The Morgan fingerprint density at radius 2 is 0.588 bits per heavy atom. The summed E-state index contributed by atoms with van der Waals surface area (Å²) >= 11 is 0. The Hall–Kier alpha value is -9.28. The van der Waals surface area contributed by atoms with Crippen molar-refractivity contribution in [3.05, 3.63) is 179 Å². The first-order valence-electron chi connectivity index (χ1n) is 34.0. The molecule has 5 aromatic rings. The number of carbonyl (C=O) groups excluding carboxylic acids is 9. The van der Waals surface area contributed by atoms with Crippen LogP contribution in [0, 0.1) is 23.7 Å². The summed E-state index contributed by atoms with van der Waals surface area (Å²) in [5, 5.41) is 35.6. The van der Waals surface area contributed by atoms with E-state index in [0.717, 1.165) is 0 Å². The summed E-state index contributed by atoms with van der Waals surface area (Å²) in [5.41, 5.74) is 15.2. The largest absolute Gasteiger partial charge is 0.480 e. The lowest BCUT2D eigenvalue weighted by Gasteiger charge is -2.31. The highest BCUT2D eigenvalue weighted by Crippen LogP contribution is 2.18. The zero-order chi connectivity index (χ0) is 71.0. The minimum Gasteiger partial charge on any atom is -0.480 e. The zero-order valence-electron chi connectivity index (χ0n) is 57.4. The van der Waals surface area contributed by atoms with Crippen molar-refractivity contribution < 1.29 is 53.1 Å². The average molecular weight is 1330 g/mol. The first-order valence-corrected chi connectivity index (χ1v) is 34.0. The van der Waals surface area contributed by atoms with Crippen molar-refractivity contribution in [3.8, 4) is 0 Å². The fraction of sp³-hybridized carbons (Fsp3) is 0.467. The Bertz CT molecular complexity index is 3290. The normalized spacial score (nSPS) is 15.0. The summed E-state index contributed by atoms with van der Waals surface area (Å²) in [4.78, 5) is 144. The zero-order valence-corrected chi connectivity index (χ0v) is 57.4. The lowest BCUT2D eigenvalue weighted by molar-refractivity contribution is -0.142. The van der Waals surface area contributed by atoms with Crippen LogP contribution in [0.2, 0.25) is 0 Å². The molecule has 0 aliphatic heterocycles. The maximum absolute atomic E-state index is 15.2. The summed E-state index contributed by atoms with van der Waals surface area (Å²) in [6.07, 6.45) is 2.54. The molecule has 0 unspecified atom stereocenters. The standard InChI is InChI=1S/C75H103N11O11/c1-9-49(7)64(85-66(87)56(77)38-26-27-39-76)73(94)82-61(45-54-34-22-14-23-35-54)69(90)78-57(40-47(3)4)72(93)86-65(50(8)10-2)74(95)83-62(46-55-36-24-15-25-37-55)70(91)80-59(43-52-30-18-12-19-31-52)67(88)79-58(42-51-28-16-11-17-29-51)68(89)81-60(44-53-32-20-13-21-33-53)71(92)84-63(75(96)97)41-48(5)6/h11-25,28-37,47-50,56-65H,9-10,26-27,38-46,76-77H2,1-8H3,(H,78,90)(H,79,88)(H,80,91)(H,81,89)(H,82,94)(H,83,95)(H,84,92)(H,85,87)(H,86,93)(H,96,97)/t49-,50-,56-,57-,58-,59-,60-,61-,62-,63-,64-,65-/m0/s1. The van der Waals surface area contributed by atoms with E-state index in [1.165, 1.54) is 0 Å². The van der Waals surface area contributed by atoms with Gasteiger partial charge < -0.3 is 64.4 Å². The van der Waals surface area contributed by atoms with Crippen LogP contribution in [0.1, 0.15) is 128 Å². The van der Waals surface area contributed by atoms with Crippen molar-refractivity contribution in [2.24, 2.45) is 35.1 Å². The molecule has 9 amide bonds. The number of hydrogen-bond donors (Lipinski definition) is 12. The lowest BCUT2D eigenvalue weighted by Crippen LogP contribution is -2.62. The number of nitrogens with one attached hydrogen (secondary N) is 9. The topological polar surface area (TPSA) is 351 Å². The molecule has 524 valence electrons. The Balaban J connectivity index is 1.45. The second kappa shape index (κ2) is 41.0. The number of nitrogens with two attached hydrogens (primary N) is 2. The summed E-state index contributed by atoms with van der Waals surface area (Å²) in [7, 11) is 0. The highest BCUT2D eigenvalue weighted by molar-refractivity contribution is 5.99. The van der Waals surface area contributed by atoms with Gasteiger partial charge in [0.15, 0.2) is 0 Å². The SMILES string of the molecule is CC[C@H](C)[C@H](NC(=O)[C@H](CC(C)C)NC(=O)[C@H](Cc1ccccc1)NC(=O)[C@@H](NC(=O)[C@@H](N)CCCCN)[C@@H](C)CC)C(=O)N[C@@H](Cc1ccccc1)C(=O)N[C@@H](Cc1ccccc1)C(=O)N[C@@H](Cc1ccccc1)C(=O)N[C@@H](Cc1ccccc1)C(=O)N[C@@H](CC(C)C)C(=O)O. The fourth-order valence-electron chi connectivity index (χ4n) is 11.1. The number of carboxylic acid groups (broad SMARTS) is 1. The molecule has 0 saturated heterocycles. The molecule has 5 rings (SSSR count). The molecular weight excluding hydrogens is 1230 g/mol. The highest BCUT2D eigenvalue weighted by atomic mass is 16.4. The fourth-order valence-corrected chi connectivity index (χ4v) is 11.1. The van der Waals surface area contributed by atoms with Crippen LogP contribution in [0.15, 0.2) is 152 Å². The van der Waals surface area contributed by atoms with Gasteiger partial charge in [-0.3, -0.25) is 43.2 Å². The van der Waals surface area contributed by atoms with E-state index in [0.29, 0.717) is 66.5 Å². The van der Waals surface area contributed by atoms with Gasteiger partial charge in [-0.05, 0) is 83.7 Å². The molecule has 0 aromatic heterocycles. The molecule has 14 N–H and O–H groups in total. The number of amides is 9. The van der Waals surface area contributed by atoms with Gasteiger partial charge in [-0.1, -0.05) is 226 Å². The van der Waals surface area contributed by atoms with Crippen LogP contribution in [0.25, 0.3) is 0 Å². The van der Waals surface area contributed by atoms with E-state index in [1.807, 2.05) is 54.5 Å². The molecular formula is C75H103N11O11. The number of rotatable bonds is 41. The number of benzene rings is 5. The Morgan fingerprint density at radius 1 is 0.340 bits per heavy atom. The molecule has 0 saturated carbocycles. The van der Waals surface area contributed by atoms with Crippen LogP contribution in [0.5, 0.6) is 0 Å². The monoisotopic (exact) mass is 1330 g/mol. The van der Waals surface area contributed by atoms with Crippen molar-refractivity contribution in [3.63, 3.8) is 0 Å². The van der Waals surface area contributed by atoms with Crippen LogP contribution >= 0.6 is 0 Å². The summed E-state index contributed by atoms with van der Waals surface area (Å²) in [6.45, 7) is 15.1. The second-order valence-electron chi connectivity index (χ2n) is 26.1. The molecule has 0 spiro atoms. The molecule has 22 heteroatoms. The molecule has 0 fully saturated rings. The predicted octanol–water partition coefficient (Wildman–Crippen LogP) is 5.29. The van der Waals surface area contributed by atoms with Crippen LogP contribution < -0.4 is 59.3 Å². The van der Waals surface area contributed by atoms with Gasteiger partial charge in [-0.15, -0.1) is 0 Å². The Morgan fingerprint density at radius 3 is 0.856 bits per heavy atom. The maximum atomic E-state index is 15.2. The maximum Gasteiger partial charge on any atom is 0.326 e. The molecule has 0 aliphatic rings. The Kier molecular flexibility index (Phi) is 33.1. The number of unbranched alkanes of at least 4 members (excludes halogenated alkanes) is 1. The van der Waals surface area contributed by atoms with Crippen LogP contribution in [0.3, 0.4) is 0 Å². The molecule has 0 bridgehead atoms. The van der Waals surface area contributed by atoms with Crippen molar-refractivity contribution in [2.45, 2.75) is 193 Å². The second-order valence-corrected chi connectivity index (χ2v) is 26.1. The molecule has 0 heterocycles. The smallest absolute Gasteiger partial charge is 0.326 e. The van der Waals surface area contributed by atoms with Gasteiger partial charge >= 0.3 is 5.97 Å². The molecule has 12 atom stereocenters. The molecule has 22 nitrogen and oxygen atoms in total. The van der Waals surface area contributed by atoms with Crippen molar-refractivity contribution in [2.75, 3.05) is 6.54 Å². The highest BCUT2D eigenvalue weighted by Gasteiger charge is 2.38. The minimum absolute atomic E-state index is 0.0147. The Labute approximate surface area is 571 Å². The number of aliphatic carboxylic acids is 1. The molecule has 97 heavy (non-hydrogen) atoms. The van der Waals surface area contributed by atoms with Crippen molar-refractivity contribution >= 4 is 59.1 Å². The third-order valence-electron chi connectivity index (χ3n) is 17.1. The molecule has 5 aromatic carbocycles. The van der Waals surface area contributed by atoms with E-state index in [2.05, 4.69) is 47.9 Å². The van der Waals surface area contributed by atoms with Crippen LogP contribution in [-0.2, 0) is 80.0 Å². The van der Waals surface area contributed by atoms with Crippen LogP contribution in [0.4, 0.5) is 0 Å². The number of carbonyl (C=O) groups is 10. The number of hydrogen-bond acceptors (Lipinski definition) is 12. The van der Waals surface area contributed by atoms with Crippen molar-refractivity contribution in [1.29, 1.82) is 0 Å². The summed E-state index contributed by atoms with van der Waals surface area (Å²) < 4.78 is 0. The average Bonchev–Trinajstić information content (AvgIpc) is 0.874. The van der Waals surface area contributed by atoms with E-state index in [4.69, 9.17) is 11.5 Å². The van der Waals surface area contributed by atoms with E-state index >= 15 is 14.4 Å². The van der Waals surface area contributed by atoms with Crippen LogP contribution in [-0.4, -0.2) is 131 Å². The van der Waals surface area contributed by atoms with Gasteiger partial charge in [-0.2, -0.15) is 0 Å². The van der Waals surface area contributed by atoms with Gasteiger partial charge in [-0.25, -0.2) is 4.79 Å². The quantitative estimate of drug-likeness (QED) is 0.0222. The van der Waals surface area contributed by atoms with Gasteiger partial charge in [0.05, 0.1) is 6.04 Å². The van der Waals surface area contributed by atoms with Gasteiger partial charge in [0.1, 0.15) is 54.4 Å². The van der Waals surface area contributed by atoms with Gasteiger partial charge in [0.25, 0.3) is 0 Å².